The first-order valence-electron chi connectivity index (χ1n) is 5.37. The molecule has 1 amide bonds. The van der Waals surface area contributed by atoms with Crippen molar-refractivity contribution in [1.29, 1.82) is 0 Å². The summed E-state index contributed by atoms with van der Waals surface area (Å²) in [5.41, 5.74) is -0.172. The third-order valence-electron chi connectivity index (χ3n) is 2.51. The minimum absolute atomic E-state index is 0. The zero-order valence-corrected chi connectivity index (χ0v) is 11.2. The fourth-order valence-electron chi connectivity index (χ4n) is 1.39. The molecular weight excluding hydrogens is 262 g/mol. The summed E-state index contributed by atoms with van der Waals surface area (Å²) in [6.07, 6.45) is -0.251. The Hall–Kier alpha value is -1.20. The summed E-state index contributed by atoms with van der Waals surface area (Å²) in [5.74, 6) is -1.66. The molecule has 0 aromatic heterocycles. The first-order valence-corrected chi connectivity index (χ1v) is 5.37. The number of carbonyl (C=O) groups excluding carboxylic acids is 1. The van der Waals surface area contributed by atoms with Crippen LogP contribution in [0.3, 0.4) is 0 Å². The Bertz CT molecular complexity index is 381. The molecule has 0 radical (unpaired) electrons. The van der Waals surface area contributed by atoms with E-state index in [0.717, 1.165) is 12.1 Å². The van der Waals surface area contributed by atoms with E-state index in [0.29, 0.717) is 13.1 Å². The first-order chi connectivity index (χ1) is 8.06. The van der Waals surface area contributed by atoms with Crippen molar-refractivity contribution in [1.82, 2.24) is 10.2 Å². The summed E-state index contributed by atoms with van der Waals surface area (Å²) in [5, 5.41) is 2.90. The van der Waals surface area contributed by atoms with Gasteiger partial charge in [0, 0.05) is 25.7 Å². The highest BCUT2D eigenvalue weighted by atomic mass is 35.5. The number of nitrogens with zero attached hydrogens (tertiary/aromatic N) is 1. The molecule has 102 valence electrons. The number of nitrogens with one attached hydrogen (secondary N) is 1. The molecule has 0 bridgehead atoms. The highest BCUT2D eigenvalue weighted by Gasteiger charge is 2.15. The van der Waals surface area contributed by atoms with Crippen molar-refractivity contribution in [2.75, 3.05) is 27.2 Å². The molecule has 0 spiro atoms. The van der Waals surface area contributed by atoms with E-state index in [-0.39, 0.29) is 30.3 Å². The lowest BCUT2D eigenvalue weighted by atomic mass is 10.1. The Labute approximate surface area is 112 Å². The molecule has 0 unspecified atom stereocenters. The second kappa shape index (κ2) is 8.00. The summed E-state index contributed by atoms with van der Waals surface area (Å²) in [4.78, 5) is 13.1. The van der Waals surface area contributed by atoms with Crippen LogP contribution in [0.1, 0.15) is 5.56 Å². The Morgan fingerprint density at radius 3 is 2.39 bits per heavy atom. The molecule has 6 heteroatoms. The third kappa shape index (κ3) is 4.58. The zero-order chi connectivity index (χ0) is 12.8. The number of hydrogen-bond acceptors (Lipinski definition) is 2. The zero-order valence-electron chi connectivity index (χ0n) is 10.4. The Balaban J connectivity index is 0.00000289. The summed E-state index contributed by atoms with van der Waals surface area (Å²) < 4.78 is 26.6. The van der Waals surface area contributed by atoms with Gasteiger partial charge in [-0.15, -0.1) is 12.4 Å². The van der Waals surface area contributed by atoms with Crippen molar-refractivity contribution in [2.45, 2.75) is 6.42 Å². The van der Waals surface area contributed by atoms with Gasteiger partial charge in [0.15, 0.2) is 0 Å². The highest BCUT2D eigenvalue weighted by molar-refractivity contribution is 5.85. The number of benzene rings is 1. The SMILES string of the molecule is CNCCN(C)C(=O)Cc1c(F)cccc1F.Cl. The van der Waals surface area contributed by atoms with Gasteiger partial charge in [-0.3, -0.25) is 4.79 Å². The van der Waals surface area contributed by atoms with Crippen LogP contribution in [-0.2, 0) is 11.2 Å². The van der Waals surface area contributed by atoms with E-state index < -0.39 is 11.6 Å². The molecular formula is C12H17ClF2N2O. The van der Waals surface area contributed by atoms with Crippen molar-refractivity contribution < 1.29 is 13.6 Å². The van der Waals surface area contributed by atoms with Crippen LogP contribution in [0, 0.1) is 11.6 Å². The van der Waals surface area contributed by atoms with Gasteiger partial charge in [0.25, 0.3) is 0 Å². The van der Waals surface area contributed by atoms with Crippen LogP contribution in [0.25, 0.3) is 0 Å². The summed E-state index contributed by atoms with van der Waals surface area (Å²) >= 11 is 0. The molecule has 0 aliphatic rings. The van der Waals surface area contributed by atoms with Crippen LogP contribution in [0.15, 0.2) is 18.2 Å². The molecule has 1 aromatic rings. The number of halogens is 3. The summed E-state index contributed by atoms with van der Waals surface area (Å²) in [6.45, 7) is 1.15. The maximum absolute atomic E-state index is 13.3. The first kappa shape index (κ1) is 16.8. The molecule has 0 fully saturated rings. The number of rotatable bonds is 5. The van der Waals surface area contributed by atoms with Crippen LogP contribution in [0.5, 0.6) is 0 Å². The van der Waals surface area contributed by atoms with Gasteiger partial charge in [0.05, 0.1) is 6.42 Å². The van der Waals surface area contributed by atoms with Gasteiger partial charge >= 0.3 is 0 Å². The second-order valence-corrected chi connectivity index (χ2v) is 3.80. The average Bonchev–Trinajstić information content (AvgIpc) is 2.30. The van der Waals surface area contributed by atoms with E-state index in [2.05, 4.69) is 5.32 Å². The van der Waals surface area contributed by atoms with Gasteiger partial charge in [-0.2, -0.15) is 0 Å². The predicted octanol–water partition coefficient (Wildman–Crippen LogP) is 1.61. The lowest BCUT2D eigenvalue weighted by Gasteiger charge is -2.17. The second-order valence-electron chi connectivity index (χ2n) is 3.80. The van der Waals surface area contributed by atoms with E-state index in [1.54, 1.807) is 14.1 Å². The Kier molecular flexibility index (Phi) is 7.47. The van der Waals surface area contributed by atoms with Crippen molar-refractivity contribution in [2.24, 2.45) is 0 Å². The van der Waals surface area contributed by atoms with E-state index in [1.807, 2.05) is 0 Å². The number of hydrogen-bond donors (Lipinski definition) is 1. The smallest absolute Gasteiger partial charge is 0.226 e. The fraction of sp³-hybridized carbons (Fsp3) is 0.417. The lowest BCUT2D eigenvalue weighted by molar-refractivity contribution is -0.129. The van der Waals surface area contributed by atoms with Gasteiger partial charge in [-0.05, 0) is 19.2 Å². The normalized spacial score (nSPS) is 9.78. The molecule has 0 atom stereocenters. The standard InChI is InChI=1S/C12H16F2N2O.ClH/c1-15-6-7-16(2)12(17)8-9-10(13)4-3-5-11(9)14;/h3-5,15H,6-8H2,1-2H3;1H. The number of carbonyl (C=O) groups is 1. The van der Waals surface area contributed by atoms with E-state index in [4.69, 9.17) is 0 Å². The maximum Gasteiger partial charge on any atom is 0.226 e. The molecule has 0 saturated carbocycles. The monoisotopic (exact) mass is 278 g/mol. The number of amides is 1. The van der Waals surface area contributed by atoms with Crippen LogP contribution in [0.4, 0.5) is 8.78 Å². The molecule has 18 heavy (non-hydrogen) atoms. The largest absolute Gasteiger partial charge is 0.344 e. The van der Waals surface area contributed by atoms with Crippen molar-refractivity contribution in [3.05, 3.63) is 35.4 Å². The molecule has 1 N–H and O–H groups in total. The molecule has 0 saturated heterocycles. The number of likely N-dealkylation sites (N-methyl/N-ethyl adjacent to an activating group) is 2. The Morgan fingerprint density at radius 1 is 1.33 bits per heavy atom. The Morgan fingerprint density at radius 2 is 1.89 bits per heavy atom. The molecule has 0 aliphatic carbocycles. The van der Waals surface area contributed by atoms with Gasteiger partial charge in [-0.1, -0.05) is 6.07 Å². The van der Waals surface area contributed by atoms with Crippen molar-refractivity contribution in [3.8, 4) is 0 Å². The van der Waals surface area contributed by atoms with Gasteiger partial charge in [-0.25, -0.2) is 8.78 Å². The van der Waals surface area contributed by atoms with E-state index in [1.165, 1.54) is 11.0 Å². The molecule has 0 heterocycles. The van der Waals surface area contributed by atoms with Gasteiger partial charge < -0.3 is 10.2 Å². The molecule has 0 aliphatic heterocycles. The highest BCUT2D eigenvalue weighted by Crippen LogP contribution is 2.13. The van der Waals surface area contributed by atoms with Crippen molar-refractivity contribution >= 4 is 18.3 Å². The minimum atomic E-state index is -0.680. The van der Waals surface area contributed by atoms with Crippen LogP contribution >= 0.6 is 12.4 Å². The lowest BCUT2D eigenvalue weighted by Crippen LogP contribution is -2.34. The summed E-state index contributed by atoms with van der Waals surface area (Å²) in [7, 11) is 3.38. The quantitative estimate of drug-likeness (QED) is 0.887. The van der Waals surface area contributed by atoms with Crippen LogP contribution in [-0.4, -0.2) is 38.0 Å². The average molecular weight is 279 g/mol. The third-order valence-corrected chi connectivity index (χ3v) is 2.51. The molecule has 3 nitrogen and oxygen atoms in total. The van der Waals surface area contributed by atoms with E-state index >= 15 is 0 Å². The maximum atomic E-state index is 13.3. The van der Waals surface area contributed by atoms with Crippen LogP contribution < -0.4 is 5.32 Å². The predicted molar refractivity (Wildman–Crippen MR) is 68.9 cm³/mol. The van der Waals surface area contributed by atoms with Crippen molar-refractivity contribution in [3.63, 3.8) is 0 Å². The van der Waals surface area contributed by atoms with Gasteiger partial charge in [0.2, 0.25) is 5.91 Å². The van der Waals surface area contributed by atoms with Crippen LogP contribution in [0.2, 0.25) is 0 Å². The summed E-state index contributed by atoms with van der Waals surface area (Å²) in [6, 6.07) is 3.59. The fourth-order valence-corrected chi connectivity index (χ4v) is 1.39. The topological polar surface area (TPSA) is 32.3 Å². The molecule has 1 aromatic carbocycles. The van der Waals surface area contributed by atoms with Gasteiger partial charge in [0.1, 0.15) is 11.6 Å². The molecule has 1 rings (SSSR count). The minimum Gasteiger partial charge on any atom is -0.344 e. The van der Waals surface area contributed by atoms with E-state index in [9.17, 15) is 13.6 Å².